The molecule has 0 atom stereocenters. The molecule has 0 spiro atoms. The Morgan fingerprint density at radius 3 is 2.84 bits per heavy atom. The molecule has 0 aliphatic carbocycles. The van der Waals surface area contributed by atoms with Crippen molar-refractivity contribution in [3.05, 3.63) is 52.4 Å². The number of carboxylic acids is 1. The number of rotatable bonds is 4. The van der Waals surface area contributed by atoms with Crippen LogP contribution >= 0.6 is 24.0 Å². The largest absolute Gasteiger partial charge is 0.548 e. The Morgan fingerprint density at radius 2 is 2.20 bits per heavy atom. The van der Waals surface area contributed by atoms with Crippen LogP contribution in [0.15, 0.2) is 35.5 Å². The standard InChI is InChI=1S/C17H15N3O3S2/c1-10-6-12(11(2)20(10)13-4-3-5-18-8-13)7-14-16(23)19(9-15(21)22)17(24)25-14/h3-8H,9H2,1-2H3,(H,21,22)/b14-7+. The molecule has 1 N–H and O–H groups in total. The van der Waals surface area contributed by atoms with E-state index < -0.39 is 18.4 Å². The van der Waals surface area contributed by atoms with Gasteiger partial charge in [-0.15, -0.1) is 0 Å². The first-order chi connectivity index (χ1) is 11.9. The summed E-state index contributed by atoms with van der Waals surface area (Å²) in [6.07, 6.45) is 5.48. The lowest BCUT2D eigenvalue weighted by atomic mass is 10.2. The van der Waals surface area contributed by atoms with Crippen LogP contribution in [-0.4, -0.2) is 32.2 Å². The number of hydrogen-bond acceptors (Lipinski definition) is 5. The second-order valence-electron chi connectivity index (χ2n) is 5.56. The van der Waals surface area contributed by atoms with Crippen LogP contribution in [0.4, 0.5) is 0 Å². The fourth-order valence-corrected chi connectivity index (χ4v) is 4.01. The molecule has 0 unspecified atom stereocenters. The molecule has 1 aliphatic heterocycles. The Kier molecular flexibility index (Phi) is 4.73. The highest BCUT2D eigenvalue weighted by atomic mass is 32.2. The second-order valence-corrected chi connectivity index (χ2v) is 7.24. The number of thioether (sulfide) groups is 1. The Morgan fingerprint density at radius 1 is 1.44 bits per heavy atom. The molecule has 0 saturated carbocycles. The zero-order valence-corrected chi connectivity index (χ0v) is 15.2. The molecule has 1 saturated heterocycles. The lowest BCUT2D eigenvalue weighted by molar-refractivity contribution is -0.377. The number of amides is 1. The maximum absolute atomic E-state index is 12.4. The van der Waals surface area contributed by atoms with E-state index in [0.29, 0.717) is 4.91 Å². The maximum Gasteiger partial charge on any atom is 0.266 e. The van der Waals surface area contributed by atoms with Crippen molar-refractivity contribution < 1.29 is 19.7 Å². The number of pyridine rings is 1. The second kappa shape index (κ2) is 6.81. The van der Waals surface area contributed by atoms with Crippen molar-refractivity contribution in [1.82, 2.24) is 9.47 Å². The first-order valence-corrected chi connectivity index (χ1v) is 8.71. The van der Waals surface area contributed by atoms with Gasteiger partial charge in [0.15, 0.2) is 12.4 Å². The fourth-order valence-electron chi connectivity index (χ4n) is 2.76. The van der Waals surface area contributed by atoms with Gasteiger partial charge in [-0.05, 0) is 37.6 Å². The normalized spacial score (nSPS) is 16.1. The van der Waals surface area contributed by atoms with Crippen LogP contribution in [0.2, 0.25) is 0 Å². The first-order valence-electron chi connectivity index (χ1n) is 7.49. The van der Waals surface area contributed by atoms with Gasteiger partial charge in [0, 0.05) is 17.5 Å². The van der Waals surface area contributed by atoms with E-state index in [2.05, 4.69) is 9.55 Å². The number of carboxylic acid groups (broad SMARTS) is 1. The van der Waals surface area contributed by atoms with E-state index in [0.717, 1.165) is 39.3 Å². The van der Waals surface area contributed by atoms with Gasteiger partial charge in [0.25, 0.3) is 5.91 Å². The number of nitrogens with one attached hydrogen (secondary N) is 1. The van der Waals surface area contributed by atoms with Crippen LogP contribution in [-0.2, 0) is 9.59 Å². The Balaban J connectivity index is 1.97. The van der Waals surface area contributed by atoms with Gasteiger partial charge in [-0.25, -0.2) is 4.98 Å². The van der Waals surface area contributed by atoms with Gasteiger partial charge >= 0.3 is 0 Å². The number of carbonyl (C=O) groups is 2. The van der Waals surface area contributed by atoms with Gasteiger partial charge in [0.2, 0.25) is 0 Å². The maximum atomic E-state index is 12.4. The van der Waals surface area contributed by atoms with Crippen molar-refractivity contribution in [2.75, 3.05) is 6.54 Å². The molecular weight excluding hydrogens is 358 g/mol. The topological polar surface area (TPSA) is 79.5 Å². The lowest BCUT2D eigenvalue weighted by Gasteiger charge is -2.14. The zero-order valence-electron chi connectivity index (χ0n) is 13.6. The van der Waals surface area contributed by atoms with Crippen LogP contribution in [0.5, 0.6) is 0 Å². The number of aromatic nitrogens is 2. The number of thiocarbonyl (C=S) groups is 1. The molecule has 1 aliphatic rings. The molecular formula is C17H15N3O3S2. The molecule has 1 amide bonds. The summed E-state index contributed by atoms with van der Waals surface area (Å²) in [5, 5.41) is 10.8. The quantitative estimate of drug-likeness (QED) is 0.587. The van der Waals surface area contributed by atoms with E-state index in [1.807, 2.05) is 44.4 Å². The van der Waals surface area contributed by atoms with E-state index in [1.54, 1.807) is 6.08 Å². The van der Waals surface area contributed by atoms with Gasteiger partial charge in [-0.2, -0.15) is 0 Å². The van der Waals surface area contributed by atoms with Gasteiger partial charge in [0.05, 0.1) is 17.4 Å². The fraction of sp³-hybridized carbons (Fsp3) is 0.176. The minimum atomic E-state index is -1.34. The summed E-state index contributed by atoms with van der Waals surface area (Å²) in [6.45, 7) is 3.42. The first kappa shape index (κ1) is 17.4. The number of aryl methyl sites for hydroxylation is 1. The highest BCUT2D eigenvalue weighted by Crippen LogP contribution is 2.33. The molecule has 6 nitrogen and oxygen atoms in total. The number of hydrogen-bond donors (Lipinski definition) is 0. The van der Waals surface area contributed by atoms with Crippen LogP contribution in [0, 0.1) is 13.8 Å². The van der Waals surface area contributed by atoms with Crippen LogP contribution in [0.1, 0.15) is 17.0 Å². The predicted molar refractivity (Wildman–Crippen MR) is 96.7 cm³/mol. The molecule has 1 fully saturated rings. The number of aromatic amines is 1. The predicted octanol–water partition coefficient (Wildman–Crippen LogP) is 0.859. The summed E-state index contributed by atoms with van der Waals surface area (Å²) >= 11 is 6.20. The van der Waals surface area contributed by atoms with Crippen molar-refractivity contribution in [3.8, 4) is 5.69 Å². The summed E-state index contributed by atoms with van der Waals surface area (Å²) in [6, 6.07) is 5.88. The highest BCUT2D eigenvalue weighted by molar-refractivity contribution is 8.26. The molecule has 128 valence electrons. The molecule has 2 aromatic heterocycles. The van der Waals surface area contributed by atoms with E-state index in [1.165, 1.54) is 0 Å². The minimum absolute atomic E-state index is 0.229. The Hall–Kier alpha value is -2.45. The molecule has 2 aromatic rings. The smallest absolute Gasteiger partial charge is 0.266 e. The molecule has 0 aromatic carbocycles. The number of aliphatic carboxylic acids is 1. The molecule has 25 heavy (non-hydrogen) atoms. The van der Waals surface area contributed by atoms with E-state index in [-0.39, 0.29) is 4.32 Å². The molecule has 8 heteroatoms. The molecule has 0 bridgehead atoms. The summed E-state index contributed by atoms with van der Waals surface area (Å²) in [4.78, 5) is 27.7. The van der Waals surface area contributed by atoms with Crippen molar-refractivity contribution in [1.29, 1.82) is 0 Å². The Labute approximate surface area is 154 Å². The van der Waals surface area contributed by atoms with Crippen molar-refractivity contribution in [2.45, 2.75) is 13.8 Å². The third kappa shape index (κ3) is 3.35. The minimum Gasteiger partial charge on any atom is -0.548 e. The molecule has 3 rings (SSSR count). The number of H-pyrrole nitrogens is 1. The van der Waals surface area contributed by atoms with Gasteiger partial charge < -0.3 is 14.5 Å². The average Bonchev–Trinajstić information content (AvgIpc) is 2.99. The number of nitrogens with zero attached hydrogens (tertiary/aromatic N) is 2. The third-order valence-corrected chi connectivity index (χ3v) is 5.24. The molecule has 0 radical (unpaired) electrons. The summed E-state index contributed by atoms with van der Waals surface area (Å²) in [7, 11) is 0. The van der Waals surface area contributed by atoms with Gasteiger partial charge in [-0.1, -0.05) is 24.0 Å². The highest BCUT2D eigenvalue weighted by Gasteiger charge is 2.32. The van der Waals surface area contributed by atoms with E-state index >= 15 is 0 Å². The third-order valence-electron chi connectivity index (χ3n) is 3.87. The monoisotopic (exact) mass is 373 g/mol. The van der Waals surface area contributed by atoms with Crippen LogP contribution in [0.3, 0.4) is 0 Å². The average molecular weight is 373 g/mol. The lowest BCUT2D eigenvalue weighted by Crippen LogP contribution is -2.40. The van der Waals surface area contributed by atoms with Crippen molar-refractivity contribution >= 4 is 46.3 Å². The SMILES string of the molecule is Cc1cc(/C=C2/SC(=S)N(CC(=O)[O-])C2=O)c(C)n1-c1ccc[nH+]c1. The number of carbonyl (C=O) groups excluding carboxylic acids is 2. The van der Waals surface area contributed by atoms with E-state index in [9.17, 15) is 14.7 Å². The van der Waals surface area contributed by atoms with E-state index in [4.69, 9.17) is 12.2 Å². The summed E-state index contributed by atoms with van der Waals surface area (Å²) < 4.78 is 2.30. The Bertz CT molecular complexity index is 903. The van der Waals surface area contributed by atoms with Gasteiger partial charge in [-0.3, -0.25) is 9.69 Å². The summed E-state index contributed by atoms with van der Waals surface area (Å²) in [5.74, 6) is -1.74. The van der Waals surface area contributed by atoms with Crippen LogP contribution in [0.25, 0.3) is 11.8 Å². The summed E-state index contributed by atoms with van der Waals surface area (Å²) in [5.41, 5.74) is 3.87. The van der Waals surface area contributed by atoms with Crippen molar-refractivity contribution in [2.24, 2.45) is 0 Å². The van der Waals surface area contributed by atoms with Gasteiger partial charge in [0.1, 0.15) is 10.0 Å². The van der Waals surface area contributed by atoms with Crippen LogP contribution < -0.4 is 10.1 Å². The molecule has 3 heterocycles. The van der Waals surface area contributed by atoms with Crippen molar-refractivity contribution in [3.63, 3.8) is 0 Å². The zero-order chi connectivity index (χ0) is 18.1.